The predicted octanol–water partition coefficient (Wildman–Crippen LogP) is 2.48. The minimum absolute atomic E-state index is 0.677. The maximum absolute atomic E-state index is 9.90. The van der Waals surface area contributed by atoms with Crippen LogP contribution in [-0.4, -0.2) is 21.4 Å². The lowest BCUT2D eigenvalue weighted by Gasteiger charge is -2.35. The van der Waals surface area contributed by atoms with Crippen LogP contribution < -0.4 is 0 Å². The lowest BCUT2D eigenvalue weighted by Crippen LogP contribution is -2.47. The summed E-state index contributed by atoms with van der Waals surface area (Å²) in [6.07, 6.45) is 5.22. The highest BCUT2D eigenvalue weighted by atomic mass is 16.3. The van der Waals surface area contributed by atoms with Gasteiger partial charge in [-0.05, 0) is 27.2 Å². The maximum Gasteiger partial charge on any atom is 0.0900 e. The summed E-state index contributed by atoms with van der Waals surface area (Å²) in [5.74, 6) is 0. The Balaban J connectivity index is 3.77. The molecule has 1 unspecified atom stereocenters. The van der Waals surface area contributed by atoms with Crippen LogP contribution in [0.4, 0.5) is 0 Å². The molecule has 80 valence electrons. The van der Waals surface area contributed by atoms with E-state index in [0.29, 0.717) is 6.42 Å². The van der Waals surface area contributed by atoms with Gasteiger partial charge in [-0.1, -0.05) is 32.6 Å². The van der Waals surface area contributed by atoms with Crippen LogP contribution in [0.3, 0.4) is 0 Å². The number of aliphatic hydroxyl groups is 2. The number of hydrogen-bond acceptors (Lipinski definition) is 2. The third-order valence-electron chi connectivity index (χ3n) is 2.84. The summed E-state index contributed by atoms with van der Waals surface area (Å²) in [7, 11) is 0. The molecular weight excluding hydrogens is 164 g/mol. The molecule has 0 bridgehead atoms. The predicted molar refractivity (Wildman–Crippen MR) is 55.7 cm³/mol. The van der Waals surface area contributed by atoms with Gasteiger partial charge >= 0.3 is 0 Å². The molecule has 0 aromatic rings. The quantitative estimate of drug-likeness (QED) is 0.629. The van der Waals surface area contributed by atoms with Gasteiger partial charge in [0.1, 0.15) is 0 Å². The van der Waals surface area contributed by atoms with Crippen molar-refractivity contribution in [1.82, 2.24) is 0 Å². The molecule has 2 nitrogen and oxygen atoms in total. The fraction of sp³-hybridized carbons (Fsp3) is 1.00. The first-order valence-corrected chi connectivity index (χ1v) is 5.26. The van der Waals surface area contributed by atoms with E-state index in [4.69, 9.17) is 0 Å². The summed E-state index contributed by atoms with van der Waals surface area (Å²) in [6, 6.07) is 0. The van der Waals surface area contributed by atoms with E-state index in [1.807, 2.05) is 0 Å². The highest BCUT2D eigenvalue weighted by Gasteiger charge is 2.36. The van der Waals surface area contributed by atoms with E-state index < -0.39 is 11.2 Å². The summed E-state index contributed by atoms with van der Waals surface area (Å²) in [6.45, 7) is 7.19. The van der Waals surface area contributed by atoms with Crippen LogP contribution in [0, 0.1) is 0 Å². The van der Waals surface area contributed by atoms with Crippen LogP contribution in [0.5, 0.6) is 0 Å². The summed E-state index contributed by atoms with van der Waals surface area (Å²) in [5.41, 5.74) is -1.96. The van der Waals surface area contributed by atoms with E-state index in [1.54, 1.807) is 20.8 Å². The average Bonchev–Trinajstić information content (AvgIpc) is 1.96. The molecular formula is C11H24O2. The summed E-state index contributed by atoms with van der Waals surface area (Å²) < 4.78 is 0. The lowest BCUT2D eigenvalue weighted by atomic mass is 9.83. The van der Waals surface area contributed by atoms with Gasteiger partial charge in [0, 0.05) is 0 Å². The molecule has 0 heterocycles. The molecule has 0 aromatic heterocycles. The Labute approximate surface area is 82.0 Å². The Bertz CT molecular complexity index is 134. The normalized spacial score (nSPS) is 17.1. The first kappa shape index (κ1) is 12.9. The van der Waals surface area contributed by atoms with Crippen molar-refractivity contribution in [1.29, 1.82) is 0 Å². The number of rotatable bonds is 6. The first-order valence-electron chi connectivity index (χ1n) is 5.26. The van der Waals surface area contributed by atoms with Gasteiger partial charge in [-0.3, -0.25) is 0 Å². The third-order valence-corrected chi connectivity index (χ3v) is 2.84. The van der Waals surface area contributed by atoms with E-state index in [-0.39, 0.29) is 0 Å². The second kappa shape index (κ2) is 4.97. The lowest BCUT2D eigenvalue weighted by molar-refractivity contribution is -0.124. The van der Waals surface area contributed by atoms with Crippen LogP contribution in [-0.2, 0) is 0 Å². The molecule has 0 aliphatic rings. The van der Waals surface area contributed by atoms with Crippen LogP contribution >= 0.6 is 0 Å². The highest BCUT2D eigenvalue weighted by Crippen LogP contribution is 2.26. The fourth-order valence-electron chi connectivity index (χ4n) is 1.20. The van der Waals surface area contributed by atoms with Gasteiger partial charge in [0.2, 0.25) is 0 Å². The molecule has 0 radical (unpaired) electrons. The van der Waals surface area contributed by atoms with Crippen LogP contribution in [0.1, 0.15) is 59.8 Å². The Morgan fingerprint density at radius 1 is 0.923 bits per heavy atom. The number of hydrogen-bond donors (Lipinski definition) is 2. The highest BCUT2D eigenvalue weighted by molar-refractivity contribution is 4.89. The molecule has 0 spiro atoms. The van der Waals surface area contributed by atoms with Crippen molar-refractivity contribution in [2.24, 2.45) is 0 Å². The fourth-order valence-corrected chi connectivity index (χ4v) is 1.20. The maximum atomic E-state index is 9.90. The number of unbranched alkanes of at least 4 members (excludes halogenated alkanes) is 3. The first-order chi connectivity index (χ1) is 5.81. The monoisotopic (exact) mass is 188 g/mol. The molecule has 13 heavy (non-hydrogen) atoms. The second-order valence-electron chi connectivity index (χ2n) is 4.64. The van der Waals surface area contributed by atoms with E-state index in [2.05, 4.69) is 6.92 Å². The standard InChI is InChI=1S/C11H24O2/c1-5-6-7-8-9-11(4,13)10(2,3)12/h12-13H,5-9H2,1-4H3. The van der Waals surface area contributed by atoms with Gasteiger partial charge in [0.25, 0.3) is 0 Å². The molecule has 0 amide bonds. The molecule has 0 aromatic carbocycles. The van der Waals surface area contributed by atoms with Crippen molar-refractivity contribution in [2.75, 3.05) is 0 Å². The zero-order valence-electron chi connectivity index (χ0n) is 9.43. The van der Waals surface area contributed by atoms with Crippen molar-refractivity contribution >= 4 is 0 Å². The van der Waals surface area contributed by atoms with Gasteiger partial charge in [-0.2, -0.15) is 0 Å². The van der Waals surface area contributed by atoms with Crippen molar-refractivity contribution in [3.8, 4) is 0 Å². The van der Waals surface area contributed by atoms with E-state index >= 15 is 0 Å². The van der Waals surface area contributed by atoms with Gasteiger partial charge in [-0.15, -0.1) is 0 Å². The Hall–Kier alpha value is -0.0800. The Kier molecular flexibility index (Phi) is 4.93. The molecule has 0 aliphatic carbocycles. The molecule has 2 heteroatoms. The molecule has 2 N–H and O–H groups in total. The SMILES string of the molecule is CCCCCCC(C)(O)C(C)(C)O. The molecule has 0 saturated heterocycles. The van der Waals surface area contributed by atoms with Crippen molar-refractivity contribution < 1.29 is 10.2 Å². The summed E-state index contributed by atoms with van der Waals surface area (Å²) in [5, 5.41) is 19.6. The van der Waals surface area contributed by atoms with Crippen molar-refractivity contribution in [3.63, 3.8) is 0 Å². The summed E-state index contributed by atoms with van der Waals surface area (Å²) in [4.78, 5) is 0. The minimum atomic E-state index is -1.00. The van der Waals surface area contributed by atoms with E-state index in [9.17, 15) is 10.2 Å². The van der Waals surface area contributed by atoms with Crippen molar-refractivity contribution in [3.05, 3.63) is 0 Å². The molecule has 0 aliphatic heterocycles. The zero-order chi connectivity index (χ0) is 10.5. The van der Waals surface area contributed by atoms with Crippen LogP contribution in [0.15, 0.2) is 0 Å². The second-order valence-corrected chi connectivity index (χ2v) is 4.64. The molecule has 0 fully saturated rings. The third kappa shape index (κ3) is 4.63. The largest absolute Gasteiger partial charge is 0.387 e. The molecule has 0 rings (SSSR count). The average molecular weight is 188 g/mol. The van der Waals surface area contributed by atoms with Crippen molar-refractivity contribution in [2.45, 2.75) is 71.0 Å². The minimum Gasteiger partial charge on any atom is -0.387 e. The van der Waals surface area contributed by atoms with Gasteiger partial charge in [0.05, 0.1) is 11.2 Å². The Morgan fingerprint density at radius 3 is 1.85 bits per heavy atom. The summed E-state index contributed by atoms with van der Waals surface area (Å²) >= 11 is 0. The molecule has 0 saturated carbocycles. The van der Waals surface area contributed by atoms with Crippen LogP contribution in [0.2, 0.25) is 0 Å². The van der Waals surface area contributed by atoms with E-state index in [0.717, 1.165) is 12.8 Å². The Morgan fingerprint density at radius 2 is 1.46 bits per heavy atom. The van der Waals surface area contributed by atoms with E-state index in [1.165, 1.54) is 12.8 Å². The topological polar surface area (TPSA) is 40.5 Å². The smallest absolute Gasteiger partial charge is 0.0900 e. The van der Waals surface area contributed by atoms with Gasteiger partial charge in [0.15, 0.2) is 0 Å². The van der Waals surface area contributed by atoms with Gasteiger partial charge in [-0.25, -0.2) is 0 Å². The van der Waals surface area contributed by atoms with Crippen LogP contribution in [0.25, 0.3) is 0 Å². The molecule has 1 atom stereocenters. The van der Waals surface area contributed by atoms with Gasteiger partial charge < -0.3 is 10.2 Å². The zero-order valence-corrected chi connectivity index (χ0v) is 9.43.